The van der Waals surface area contributed by atoms with E-state index in [1.165, 1.54) is 4.31 Å². The van der Waals surface area contributed by atoms with Crippen LogP contribution in [0.3, 0.4) is 0 Å². The molecule has 1 N–H and O–H groups in total. The number of aliphatic hydroxyl groups is 1. The zero-order chi connectivity index (χ0) is 23.3. The first-order chi connectivity index (χ1) is 14.9. The fraction of sp³-hybridized carbons (Fsp3) is 0.571. The zero-order valence-corrected chi connectivity index (χ0v) is 18.7. The third-order valence-electron chi connectivity index (χ3n) is 6.42. The van der Waals surface area contributed by atoms with Gasteiger partial charge in [0, 0.05) is 38.1 Å². The molecule has 7 nitrogen and oxygen atoms in total. The number of nitrogens with zero attached hydrogens (tertiary/aromatic N) is 4. The molecule has 3 atom stereocenters. The maximum absolute atomic E-state index is 13.2. The molecule has 1 saturated carbocycles. The Hall–Kier alpha value is -1.95. The van der Waals surface area contributed by atoms with Crippen LogP contribution in [0.4, 0.5) is 13.2 Å². The molecule has 1 aromatic carbocycles. The summed E-state index contributed by atoms with van der Waals surface area (Å²) in [5.74, 6) is 0.522. The second kappa shape index (κ2) is 8.12. The SMILES string of the molecule is CC1CN(C(C2CC2)n2ccnc2)CCN1S(=O)(=O)c1ccc(C(C)(O)C(F)(F)F)cc1. The van der Waals surface area contributed by atoms with Crippen LogP contribution in [-0.2, 0) is 15.6 Å². The van der Waals surface area contributed by atoms with Crippen molar-refractivity contribution in [1.29, 1.82) is 0 Å². The van der Waals surface area contributed by atoms with Gasteiger partial charge in [0.15, 0.2) is 5.60 Å². The molecule has 2 fully saturated rings. The van der Waals surface area contributed by atoms with Crippen LogP contribution in [0, 0.1) is 5.92 Å². The van der Waals surface area contributed by atoms with Crippen molar-refractivity contribution in [3.05, 3.63) is 48.5 Å². The smallest absolute Gasteiger partial charge is 0.376 e. The lowest BCUT2D eigenvalue weighted by Gasteiger charge is -2.43. The Morgan fingerprint density at radius 1 is 1.16 bits per heavy atom. The Morgan fingerprint density at radius 3 is 2.31 bits per heavy atom. The van der Waals surface area contributed by atoms with Gasteiger partial charge in [0.25, 0.3) is 0 Å². The van der Waals surface area contributed by atoms with Crippen molar-refractivity contribution >= 4 is 10.0 Å². The lowest BCUT2D eigenvalue weighted by atomic mass is 9.96. The highest BCUT2D eigenvalue weighted by molar-refractivity contribution is 7.89. The number of benzene rings is 1. The largest absolute Gasteiger partial charge is 0.421 e. The average molecular weight is 473 g/mol. The Kier molecular flexibility index (Phi) is 5.89. The molecule has 1 aromatic heterocycles. The number of sulfonamides is 1. The van der Waals surface area contributed by atoms with Crippen LogP contribution in [0.5, 0.6) is 0 Å². The number of aromatic nitrogens is 2. The fourth-order valence-corrected chi connectivity index (χ4v) is 5.98. The standard InChI is InChI=1S/C21H27F3N4O3S/c1-15-13-26(19(16-3-4-16)27-10-9-25-14-27)11-12-28(15)32(30,31)18-7-5-17(6-8-18)20(2,29)21(22,23)24/h5-10,14-16,19,29H,3-4,11-13H2,1-2H3. The van der Waals surface area contributed by atoms with Crippen LogP contribution in [0.15, 0.2) is 47.9 Å². The molecule has 0 bridgehead atoms. The van der Waals surface area contributed by atoms with Gasteiger partial charge in [-0.25, -0.2) is 13.4 Å². The summed E-state index contributed by atoms with van der Waals surface area (Å²) in [5.41, 5.74) is -3.46. The monoisotopic (exact) mass is 472 g/mol. The summed E-state index contributed by atoms with van der Waals surface area (Å²) < 4.78 is 69.1. The van der Waals surface area contributed by atoms with E-state index in [2.05, 4.69) is 14.5 Å². The maximum atomic E-state index is 13.2. The minimum atomic E-state index is -4.87. The van der Waals surface area contributed by atoms with E-state index in [9.17, 15) is 26.7 Å². The van der Waals surface area contributed by atoms with Gasteiger partial charge in [-0.1, -0.05) is 12.1 Å². The van der Waals surface area contributed by atoms with Gasteiger partial charge in [0.05, 0.1) is 17.4 Å². The number of halogens is 3. The highest BCUT2D eigenvalue weighted by Crippen LogP contribution is 2.43. The molecule has 1 aliphatic carbocycles. The van der Waals surface area contributed by atoms with Gasteiger partial charge in [0.2, 0.25) is 10.0 Å². The summed E-state index contributed by atoms with van der Waals surface area (Å²) in [6.45, 7) is 3.85. The first kappa shape index (κ1) is 23.2. The van der Waals surface area contributed by atoms with E-state index in [1.807, 2.05) is 13.1 Å². The van der Waals surface area contributed by atoms with E-state index in [4.69, 9.17) is 0 Å². The summed E-state index contributed by atoms with van der Waals surface area (Å²) in [6, 6.07) is 3.98. The van der Waals surface area contributed by atoms with E-state index in [0.29, 0.717) is 25.9 Å². The molecule has 1 aliphatic heterocycles. The normalized spacial score (nSPS) is 24.2. The van der Waals surface area contributed by atoms with Crippen LogP contribution in [0.2, 0.25) is 0 Å². The molecule has 176 valence electrons. The molecular weight excluding hydrogens is 445 g/mol. The van der Waals surface area contributed by atoms with E-state index in [1.54, 1.807) is 12.5 Å². The highest BCUT2D eigenvalue weighted by Gasteiger charge is 2.51. The minimum Gasteiger partial charge on any atom is -0.376 e. The third kappa shape index (κ3) is 4.18. The van der Waals surface area contributed by atoms with Crippen LogP contribution in [0.25, 0.3) is 0 Å². The number of hydrogen-bond donors (Lipinski definition) is 1. The average Bonchev–Trinajstić information content (AvgIpc) is 3.40. The summed E-state index contributed by atoms with van der Waals surface area (Å²) in [4.78, 5) is 6.33. The summed E-state index contributed by atoms with van der Waals surface area (Å²) in [7, 11) is -3.89. The molecule has 32 heavy (non-hydrogen) atoms. The topological polar surface area (TPSA) is 78.7 Å². The number of rotatable bonds is 6. The Bertz CT molecular complexity index is 1040. The number of hydrogen-bond acceptors (Lipinski definition) is 5. The van der Waals surface area contributed by atoms with Crippen molar-refractivity contribution in [1.82, 2.24) is 18.8 Å². The van der Waals surface area contributed by atoms with Gasteiger partial charge in [-0.15, -0.1) is 0 Å². The molecule has 4 rings (SSSR count). The van der Waals surface area contributed by atoms with Crippen LogP contribution in [0.1, 0.15) is 38.4 Å². The minimum absolute atomic E-state index is 0.0899. The summed E-state index contributed by atoms with van der Waals surface area (Å²) in [5, 5.41) is 9.82. The molecule has 11 heteroatoms. The molecule has 2 heterocycles. The van der Waals surface area contributed by atoms with Crippen molar-refractivity contribution in [2.75, 3.05) is 19.6 Å². The van der Waals surface area contributed by atoms with Crippen LogP contribution < -0.4 is 0 Å². The molecular formula is C21H27F3N4O3S. The Morgan fingerprint density at radius 2 is 1.81 bits per heavy atom. The predicted octanol–water partition coefficient (Wildman–Crippen LogP) is 2.96. The Labute approximate surface area is 185 Å². The molecule has 3 unspecified atom stereocenters. The van der Waals surface area contributed by atoms with E-state index >= 15 is 0 Å². The molecule has 0 spiro atoms. The summed E-state index contributed by atoms with van der Waals surface area (Å²) in [6.07, 6.45) is 2.98. The quantitative estimate of drug-likeness (QED) is 0.700. The first-order valence-electron chi connectivity index (χ1n) is 10.6. The fourth-order valence-electron chi connectivity index (χ4n) is 4.37. The predicted molar refractivity (Wildman–Crippen MR) is 111 cm³/mol. The Balaban J connectivity index is 1.50. The third-order valence-corrected chi connectivity index (χ3v) is 8.45. The second-order valence-corrected chi connectivity index (χ2v) is 10.7. The van der Waals surface area contributed by atoms with Crippen molar-refractivity contribution in [2.45, 2.75) is 55.6 Å². The van der Waals surface area contributed by atoms with E-state index in [0.717, 1.165) is 37.1 Å². The van der Waals surface area contributed by atoms with Gasteiger partial charge in [-0.3, -0.25) is 4.90 Å². The van der Waals surface area contributed by atoms with E-state index in [-0.39, 0.29) is 23.6 Å². The van der Waals surface area contributed by atoms with Gasteiger partial charge < -0.3 is 9.67 Å². The lowest BCUT2D eigenvalue weighted by molar-refractivity contribution is -0.258. The highest BCUT2D eigenvalue weighted by atomic mass is 32.2. The number of piperazine rings is 1. The van der Waals surface area contributed by atoms with E-state index < -0.39 is 27.4 Å². The van der Waals surface area contributed by atoms with Crippen molar-refractivity contribution < 1.29 is 26.7 Å². The van der Waals surface area contributed by atoms with Crippen molar-refractivity contribution in [3.8, 4) is 0 Å². The second-order valence-electron chi connectivity index (χ2n) is 8.82. The van der Waals surface area contributed by atoms with Crippen molar-refractivity contribution in [2.24, 2.45) is 5.92 Å². The van der Waals surface area contributed by atoms with Gasteiger partial charge in [-0.2, -0.15) is 17.5 Å². The van der Waals surface area contributed by atoms with Gasteiger partial charge >= 0.3 is 6.18 Å². The number of imidazole rings is 1. The van der Waals surface area contributed by atoms with Crippen LogP contribution >= 0.6 is 0 Å². The molecule has 1 saturated heterocycles. The first-order valence-corrected chi connectivity index (χ1v) is 12.0. The number of alkyl halides is 3. The molecule has 2 aliphatic rings. The maximum Gasteiger partial charge on any atom is 0.421 e. The zero-order valence-electron chi connectivity index (χ0n) is 17.9. The molecule has 0 radical (unpaired) electrons. The molecule has 2 aromatic rings. The van der Waals surface area contributed by atoms with Crippen LogP contribution in [-0.4, -0.2) is 64.1 Å². The van der Waals surface area contributed by atoms with Crippen molar-refractivity contribution in [3.63, 3.8) is 0 Å². The van der Waals surface area contributed by atoms with Gasteiger partial charge in [-0.05, 0) is 50.3 Å². The lowest BCUT2D eigenvalue weighted by Crippen LogP contribution is -2.55. The van der Waals surface area contributed by atoms with Gasteiger partial charge in [0.1, 0.15) is 0 Å². The molecule has 0 amide bonds. The summed E-state index contributed by atoms with van der Waals surface area (Å²) >= 11 is 0.